The smallest absolute Gasteiger partial charge is 0.0629 e. The summed E-state index contributed by atoms with van der Waals surface area (Å²) in [6.07, 6.45) is 5.71. The third kappa shape index (κ3) is 2.98. The lowest BCUT2D eigenvalue weighted by atomic mass is 9.79. The maximum Gasteiger partial charge on any atom is 0.0629 e. The minimum Gasteiger partial charge on any atom is -0.377 e. The van der Waals surface area contributed by atoms with Gasteiger partial charge in [0.15, 0.2) is 0 Å². The Morgan fingerprint density at radius 1 is 1.38 bits per heavy atom. The fourth-order valence-corrected chi connectivity index (χ4v) is 2.12. The van der Waals surface area contributed by atoms with Gasteiger partial charge in [-0.25, -0.2) is 0 Å². The quantitative estimate of drug-likeness (QED) is 0.648. The fraction of sp³-hybridized carbons (Fsp3) is 1.00. The summed E-state index contributed by atoms with van der Waals surface area (Å²) >= 11 is 0. The van der Waals surface area contributed by atoms with Crippen molar-refractivity contribution in [1.29, 1.82) is 0 Å². The first-order valence-electron chi connectivity index (χ1n) is 5.68. The zero-order chi connectivity index (χ0) is 9.90. The minimum absolute atomic E-state index is 0.390. The van der Waals surface area contributed by atoms with Crippen LogP contribution in [-0.2, 0) is 4.74 Å². The van der Waals surface area contributed by atoms with Crippen LogP contribution in [0.15, 0.2) is 0 Å². The van der Waals surface area contributed by atoms with Crippen LogP contribution in [0.5, 0.6) is 0 Å². The van der Waals surface area contributed by atoms with Gasteiger partial charge < -0.3 is 4.74 Å². The summed E-state index contributed by atoms with van der Waals surface area (Å²) in [7, 11) is 0. The number of hydrogen-bond acceptors (Lipinski definition) is 1. The molecule has 2 atom stereocenters. The minimum atomic E-state index is 0.390. The van der Waals surface area contributed by atoms with Crippen molar-refractivity contribution in [2.24, 2.45) is 11.3 Å². The average molecular weight is 184 g/mol. The Bertz CT molecular complexity index is 151. The lowest BCUT2D eigenvalue weighted by Crippen LogP contribution is -2.28. The van der Waals surface area contributed by atoms with Gasteiger partial charge in [-0.2, -0.15) is 0 Å². The monoisotopic (exact) mass is 184 g/mol. The van der Waals surface area contributed by atoms with Gasteiger partial charge in [0, 0.05) is 6.61 Å². The van der Waals surface area contributed by atoms with Gasteiger partial charge in [0.2, 0.25) is 0 Å². The molecule has 1 aliphatic heterocycles. The molecule has 13 heavy (non-hydrogen) atoms. The fourth-order valence-electron chi connectivity index (χ4n) is 2.12. The molecule has 1 nitrogen and oxygen atoms in total. The van der Waals surface area contributed by atoms with Crippen LogP contribution in [0.3, 0.4) is 0 Å². The Hall–Kier alpha value is -0.0400. The highest BCUT2D eigenvalue weighted by Gasteiger charge is 2.34. The molecule has 0 aromatic carbocycles. The first-order chi connectivity index (χ1) is 6.06. The summed E-state index contributed by atoms with van der Waals surface area (Å²) in [4.78, 5) is 0. The highest BCUT2D eigenvalue weighted by Crippen LogP contribution is 2.37. The van der Waals surface area contributed by atoms with Crippen molar-refractivity contribution in [1.82, 2.24) is 0 Å². The molecule has 0 aromatic rings. The van der Waals surface area contributed by atoms with E-state index in [4.69, 9.17) is 4.74 Å². The van der Waals surface area contributed by atoms with E-state index in [0.29, 0.717) is 11.5 Å². The van der Waals surface area contributed by atoms with Gasteiger partial charge >= 0.3 is 0 Å². The van der Waals surface area contributed by atoms with Crippen LogP contribution in [0, 0.1) is 11.3 Å². The first kappa shape index (κ1) is 11.0. The van der Waals surface area contributed by atoms with Crippen LogP contribution < -0.4 is 0 Å². The topological polar surface area (TPSA) is 9.23 Å². The molecular formula is C12H24O. The molecule has 1 heterocycles. The van der Waals surface area contributed by atoms with Crippen molar-refractivity contribution in [2.45, 2.75) is 59.5 Å². The zero-order valence-corrected chi connectivity index (χ0v) is 9.60. The second-order valence-electron chi connectivity index (χ2n) is 5.25. The Morgan fingerprint density at radius 2 is 2.08 bits per heavy atom. The largest absolute Gasteiger partial charge is 0.377 e. The van der Waals surface area contributed by atoms with Crippen LogP contribution >= 0.6 is 0 Å². The predicted molar refractivity (Wildman–Crippen MR) is 56.8 cm³/mol. The van der Waals surface area contributed by atoms with Crippen LogP contribution in [0.1, 0.15) is 53.4 Å². The molecule has 1 rings (SSSR count). The Labute approximate surface area is 82.9 Å². The molecule has 0 bridgehead atoms. The van der Waals surface area contributed by atoms with Crippen molar-refractivity contribution in [3.63, 3.8) is 0 Å². The molecule has 1 heteroatoms. The van der Waals surface area contributed by atoms with E-state index in [9.17, 15) is 0 Å². The predicted octanol–water partition coefficient (Wildman–Crippen LogP) is 3.63. The van der Waals surface area contributed by atoms with E-state index in [1.807, 2.05) is 0 Å². The van der Waals surface area contributed by atoms with E-state index in [1.165, 1.54) is 25.7 Å². The summed E-state index contributed by atoms with van der Waals surface area (Å²) in [5, 5.41) is 0. The second-order valence-corrected chi connectivity index (χ2v) is 5.25. The van der Waals surface area contributed by atoms with E-state index in [0.717, 1.165) is 12.5 Å². The number of rotatable bonds is 4. The molecule has 0 N–H and O–H groups in total. The molecule has 0 radical (unpaired) electrons. The lowest BCUT2D eigenvalue weighted by molar-refractivity contribution is 0.0125. The maximum atomic E-state index is 5.83. The highest BCUT2D eigenvalue weighted by atomic mass is 16.5. The number of ether oxygens (including phenoxy) is 1. The highest BCUT2D eigenvalue weighted by molar-refractivity contribution is 4.84. The van der Waals surface area contributed by atoms with Crippen molar-refractivity contribution in [3.8, 4) is 0 Å². The zero-order valence-electron chi connectivity index (χ0n) is 9.60. The van der Waals surface area contributed by atoms with Crippen LogP contribution in [0.25, 0.3) is 0 Å². The average Bonchev–Trinajstić information content (AvgIpc) is 2.49. The van der Waals surface area contributed by atoms with Crippen molar-refractivity contribution < 1.29 is 4.74 Å². The molecule has 0 aliphatic carbocycles. The molecule has 0 saturated carbocycles. The molecule has 2 unspecified atom stereocenters. The third-order valence-electron chi connectivity index (χ3n) is 3.24. The number of hydrogen-bond donors (Lipinski definition) is 0. The summed E-state index contributed by atoms with van der Waals surface area (Å²) in [5.41, 5.74) is 0.390. The summed E-state index contributed by atoms with van der Waals surface area (Å²) in [6, 6.07) is 0. The second kappa shape index (κ2) is 4.45. The van der Waals surface area contributed by atoms with E-state index < -0.39 is 0 Å². The van der Waals surface area contributed by atoms with Crippen LogP contribution in [-0.4, -0.2) is 12.7 Å². The summed E-state index contributed by atoms with van der Waals surface area (Å²) in [6.45, 7) is 10.2. The normalized spacial score (nSPS) is 29.5. The Balaban J connectivity index is 2.39. The van der Waals surface area contributed by atoms with E-state index in [2.05, 4.69) is 27.7 Å². The van der Waals surface area contributed by atoms with Gasteiger partial charge in [-0.15, -0.1) is 0 Å². The number of unbranched alkanes of at least 4 members (excludes halogenated alkanes) is 1. The molecule has 1 fully saturated rings. The standard InChI is InChI=1S/C12H24O/c1-5-6-7-12(3,4)11-8-10(2)9-13-11/h10-11H,5-9H2,1-4H3. The van der Waals surface area contributed by atoms with E-state index in [1.54, 1.807) is 0 Å². The van der Waals surface area contributed by atoms with Gasteiger partial charge in [0.05, 0.1) is 6.10 Å². The lowest BCUT2D eigenvalue weighted by Gasteiger charge is -2.30. The molecule has 78 valence electrons. The van der Waals surface area contributed by atoms with Crippen molar-refractivity contribution in [2.75, 3.05) is 6.61 Å². The first-order valence-corrected chi connectivity index (χ1v) is 5.68. The maximum absolute atomic E-state index is 5.83. The third-order valence-corrected chi connectivity index (χ3v) is 3.24. The van der Waals surface area contributed by atoms with E-state index >= 15 is 0 Å². The Morgan fingerprint density at radius 3 is 2.54 bits per heavy atom. The van der Waals surface area contributed by atoms with Crippen molar-refractivity contribution >= 4 is 0 Å². The molecule has 1 aliphatic rings. The summed E-state index contributed by atoms with van der Waals surface area (Å²) in [5.74, 6) is 0.769. The van der Waals surface area contributed by atoms with Crippen molar-refractivity contribution in [3.05, 3.63) is 0 Å². The molecule has 0 amide bonds. The van der Waals surface area contributed by atoms with Crippen LogP contribution in [0.4, 0.5) is 0 Å². The van der Waals surface area contributed by atoms with Gasteiger partial charge in [-0.3, -0.25) is 0 Å². The Kier molecular flexibility index (Phi) is 3.78. The molecule has 0 aromatic heterocycles. The van der Waals surface area contributed by atoms with Gasteiger partial charge in [-0.05, 0) is 24.2 Å². The SMILES string of the molecule is CCCCC(C)(C)C1CC(C)CO1. The molecule has 1 saturated heterocycles. The van der Waals surface area contributed by atoms with Gasteiger partial charge in [0.1, 0.15) is 0 Å². The van der Waals surface area contributed by atoms with Crippen LogP contribution in [0.2, 0.25) is 0 Å². The van der Waals surface area contributed by atoms with E-state index in [-0.39, 0.29) is 0 Å². The van der Waals surface area contributed by atoms with Gasteiger partial charge in [0.25, 0.3) is 0 Å². The van der Waals surface area contributed by atoms with Gasteiger partial charge in [-0.1, -0.05) is 40.5 Å². The summed E-state index contributed by atoms with van der Waals surface area (Å²) < 4.78 is 5.83. The molecule has 0 spiro atoms. The molecular weight excluding hydrogens is 160 g/mol.